The third-order valence-electron chi connectivity index (χ3n) is 4.13. The number of rotatable bonds is 4. The molecule has 1 fully saturated rings. The number of amides is 1. The van der Waals surface area contributed by atoms with Crippen molar-refractivity contribution in [3.63, 3.8) is 0 Å². The first kappa shape index (κ1) is 16.6. The number of aromatic nitrogens is 4. The van der Waals surface area contributed by atoms with Crippen LogP contribution in [0.1, 0.15) is 22.2 Å². The lowest BCUT2D eigenvalue weighted by Gasteiger charge is -2.37. The molecule has 0 saturated carbocycles. The molecule has 1 amide bonds. The minimum atomic E-state index is -0.0712. The van der Waals surface area contributed by atoms with Gasteiger partial charge in [-0.25, -0.2) is 9.97 Å². The summed E-state index contributed by atoms with van der Waals surface area (Å²) in [5.74, 6) is 1.82. The van der Waals surface area contributed by atoms with Crippen LogP contribution < -0.4 is 4.74 Å². The second kappa shape index (κ2) is 6.83. The zero-order valence-electron chi connectivity index (χ0n) is 13.8. The summed E-state index contributed by atoms with van der Waals surface area (Å²) in [5, 5.41) is 3.92. The lowest BCUT2D eigenvalue weighted by atomic mass is 9.98. The van der Waals surface area contributed by atoms with Crippen molar-refractivity contribution in [2.45, 2.75) is 5.92 Å². The van der Waals surface area contributed by atoms with E-state index >= 15 is 0 Å². The Balaban J connectivity index is 1.44. The van der Waals surface area contributed by atoms with E-state index in [1.165, 1.54) is 0 Å². The molecule has 0 spiro atoms. The van der Waals surface area contributed by atoms with Crippen LogP contribution >= 0.6 is 15.9 Å². The van der Waals surface area contributed by atoms with Crippen molar-refractivity contribution in [2.24, 2.45) is 0 Å². The molecule has 132 valence electrons. The molecular weight excluding hydrogens is 402 g/mol. The number of hydrogen-bond donors (Lipinski definition) is 0. The lowest BCUT2D eigenvalue weighted by molar-refractivity contribution is 0.0568. The Bertz CT molecular complexity index is 941. The fourth-order valence-electron chi connectivity index (χ4n) is 2.67. The maximum Gasteiger partial charge on any atom is 0.255 e. The van der Waals surface area contributed by atoms with E-state index in [9.17, 15) is 4.79 Å². The molecule has 2 aromatic heterocycles. The van der Waals surface area contributed by atoms with E-state index in [-0.39, 0.29) is 11.8 Å². The zero-order chi connectivity index (χ0) is 18.1. The van der Waals surface area contributed by atoms with Crippen LogP contribution in [-0.2, 0) is 0 Å². The van der Waals surface area contributed by atoms with Crippen LogP contribution in [0.5, 0.6) is 5.75 Å². The minimum absolute atomic E-state index is 0.00768. The van der Waals surface area contributed by atoms with E-state index < -0.39 is 0 Å². The van der Waals surface area contributed by atoms with Crippen LogP contribution in [0.2, 0.25) is 0 Å². The Kier molecular flexibility index (Phi) is 4.37. The molecule has 3 aromatic rings. The zero-order valence-corrected chi connectivity index (χ0v) is 15.4. The topological polar surface area (TPSA) is 94.2 Å². The van der Waals surface area contributed by atoms with Gasteiger partial charge < -0.3 is 14.2 Å². The summed E-state index contributed by atoms with van der Waals surface area (Å²) in [6.45, 7) is 1.03. The Morgan fingerprint density at radius 3 is 2.77 bits per heavy atom. The number of carbonyl (C=O) groups is 1. The molecule has 26 heavy (non-hydrogen) atoms. The third kappa shape index (κ3) is 3.05. The molecular formula is C17H14BrN5O3. The van der Waals surface area contributed by atoms with E-state index in [2.05, 4.69) is 36.0 Å². The summed E-state index contributed by atoms with van der Waals surface area (Å²) in [5.41, 5.74) is 0.562. The number of ether oxygens (including phenoxy) is 1. The number of hydrogen-bond acceptors (Lipinski definition) is 7. The van der Waals surface area contributed by atoms with Crippen molar-refractivity contribution in [1.82, 2.24) is 25.0 Å². The maximum absolute atomic E-state index is 12.7. The summed E-state index contributed by atoms with van der Waals surface area (Å²) in [6.07, 6.45) is 3.24. The smallest absolute Gasteiger partial charge is 0.255 e. The molecule has 0 atom stereocenters. The molecule has 4 rings (SSSR count). The SMILES string of the molecule is COc1ccc(Br)c(C(=O)N2CC(c3nc(-c4ncccn4)no3)C2)c1. The molecule has 0 radical (unpaired) electrons. The van der Waals surface area contributed by atoms with E-state index in [1.807, 2.05) is 0 Å². The monoisotopic (exact) mass is 415 g/mol. The first-order chi connectivity index (χ1) is 12.7. The van der Waals surface area contributed by atoms with Gasteiger partial charge in [0.25, 0.3) is 5.91 Å². The summed E-state index contributed by atoms with van der Waals surface area (Å²) < 4.78 is 11.2. The molecule has 0 N–H and O–H groups in total. The Morgan fingerprint density at radius 2 is 2.04 bits per heavy atom. The van der Waals surface area contributed by atoms with E-state index in [4.69, 9.17) is 9.26 Å². The van der Waals surface area contributed by atoms with Crippen LogP contribution in [0.15, 0.2) is 45.7 Å². The summed E-state index contributed by atoms with van der Waals surface area (Å²) in [6, 6.07) is 7.03. The van der Waals surface area contributed by atoms with Crippen molar-refractivity contribution in [3.8, 4) is 17.4 Å². The Morgan fingerprint density at radius 1 is 1.27 bits per heavy atom. The van der Waals surface area contributed by atoms with E-state index in [1.54, 1.807) is 48.7 Å². The molecule has 0 bridgehead atoms. The van der Waals surface area contributed by atoms with Gasteiger partial charge in [-0.1, -0.05) is 5.16 Å². The predicted octanol–water partition coefficient (Wildman–Crippen LogP) is 2.54. The second-order valence-corrected chi connectivity index (χ2v) is 6.64. The van der Waals surface area contributed by atoms with Gasteiger partial charge in [-0.05, 0) is 40.2 Å². The molecule has 1 saturated heterocycles. The number of halogens is 1. The van der Waals surface area contributed by atoms with Gasteiger partial charge >= 0.3 is 0 Å². The van der Waals surface area contributed by atoms with E-state index in [0.717, 1.165) is 4.47 Å². The first-order valence-electron chi connectivity index (χ1n) is 7.89. The molecule has 1 aromatic carbocycles. The highest BCUT2D eigenvalue weighted by molar-refractivity contribution is 9.10. The molecule has 8 nitrogen and oxygen atoms in total. The number of carbonyl (C=O) groups excluding carboxylic acids is 1. The Hall–Kier alpha value is -2.81. The van der Waals surface area contributed by atoms with Gasteiger partial charge in [0.2, 0.25) is 17.5 Å². The maximum atomic E-state index is 12.7. The summed E-state index contributed by atoms with van der Waals surface area (Å²) >= 11 is 3.41. The highest BCUT2D eigenvalue weighted by Crippen LogP contribution is 2.31. The molecule has 1 aliphatic rings. The third-order valence-corrected chi connectivity index (χ3v) is 4.82. The van der Waals surface area contributed by atoms with Crippen molar-refractivity contribution in [3.05, 3.63) is 52.6 Å². The average molecular weight is 416 g/mol. The van der Waals surface area contributed by atoms with Gasteiger partial charge in [0, 0.05) is 30.0 Å². The van der Waals surface area contributed by atoms with Crippen molar-refractivity contribution >= 4 is 21.8 Å². The van der Waals surface area contributed by atoms with Crippen LogP contribution in [0, 0.1) is 0 Å². The van der Waals surface area contributed by atoms with E-state index in [0.29, 0.717) is 41.9 Å². The average Bonchev–Trinajstić information content (AvgIpc) is 3.11. The second-order valence-electron chi connectivity index (χ2n) is 5.78. The van der Waals surface area contributed by atoms with Crippen molar-refractivity contribution in [1.29, 1.82) is 0 Å². The number of nitrogens with zero attached hydrogens (tertiary/aromatic N) is 5. The highest BCUT2D eigenvalue weighted by Gasteiger charge is 2.36. The normalized spacial score (nSPS) is 14.2. The standard InChI is InChI=1S/C17H14BrN5O3/c1-25-11-3-4-13(18)12(7-11)17(24)23-8-10(9-23)16-21-15(22-26-16)14-19-5-2-6-20-14/h2-7,10H,8-9H2,1H3. The fourth-order valence-corrected chi connectivity index (χ4v) is 3.09. The number of likely N-dealkylation sites (tertiary alicyclic amines) is 1. The predicted molar refractivity (Wildman–Crippen MR) is 94.7 cm³/mol. The van der Waals surface area contributed by atoms with Crippen LogP contribution in [0.4, 0.5) is 0 Å². The van der Waals surface area contributed by atoms with Crippen LogP contribution in [-0.4, -0.2) is 51.1 Å². The van der Waals surface area contributed by atoms with Gasteiger partial charge in [0.15, 0.2) is 0 Å². The van der Waals surface area contributed by atoms with Gasteiger partial charge in [-0.3, -0.25) is 4.79 Å². The lowest BCUT2D eigenvalue weighted by Crippen LogP contribution is -2.48. The molecule has 0 aliphatic carbocycles. The van der Waals surface area contributed by atoms with Crippen LogP contribution in [0.3, 0.4) is 0 Å². The van der Waals surface area contributed by atoms with Crippen molar-refractivity contribution in [2.75, 3.05) is 20.2 Å². The van der Waals surface area contributed by atoms with Gasteiger partial charge in [0.05, 0.1) is 18.6 Å². The van der Waals surface area contributed by atoms with Crippen molar-refractivity contribution < 1.29 is 14.1 Å². The number of benzene rings is 1. The highest BCUT2D eigenvalue weighted by atomic mass is 79.9. The molecule has 9 heteroatoms. The number of methoxy groups -OCH3 is 1. The van der Waals surface area contributed by atoms with Crippen LogP contribution in [0.25, 0.3) is 11.6 Å². The summed E-state index contributed by atoms with van der Waals surface area (Å²) in [7, 11) is 1.57. The quantitative estimate of drug-likeness (QED) is 0.645. The van der Waals surface area contributed by atoms with Gasteiger partial charge in [0.1, 0.15) is 5.75 Å². The molecule has 0 unspecified atom stereocenters. The summed E-state index contributed by atoms with van der Waals surface area (Å²) in [4.78, 5) is 26.9. The molecule has 3 heterocycles. The van der Waals surface area contributed by atoms with Gasteiger partial charge in [-0.2, -0.15) is 4.98 Å². The fraction of sp³-hybridized carbons (Fsp3) is 0.235. The largest absolute Gasteiger partial charge is 0.497 e. The minimum Gasteiger partial charge on any atom is -0.497 e. The van der Waals surface area contributed by atoms with Gasteiger partial charge in [-0.15, -0.1) is 0 Å². The molecule has 1 aliphatic heterocycles. The Labute approximate surface area is 157 Å². The first-order valence-corrected chi connectivity index (χ1v) is 8.69.